The number of hydrogen-bond donors (Lipinski definition) is 3. The number of fused-ring (bicyclic) bond motifs is 3. The van der Waals surface area contributed by atoms with E-state index in [1.54, 1.807) is 101 Å². The highest BCUT2D eigenvalue weighted by molar-refractivity contribution is 6.32. The molecule has 1 aliphatic carbocycles. The molecule has 0 bridgehead atoms. The number of halogens is 3. The average Bonchev–Trinajstić information content (AvgIpc) is 4.05. The summed E-state index contributed by atoms with van der Waals surface area (Å²) in [5, 5.41) is 9.82. The second-order valence-electron chi connectivity index (χ2n) is 19.0. The summed E-state index contributed by atoms with van der Waals surface area (Å²) in [5.41, 5.74) is 11.3. The smallest absolute Gasteiger partial charge is 0.254 e. The fourth-order valence-corrected chi connectivity index (χ4v) is 10.2. The Balaban J connectivity index is 0.000000159. The van der Waals surface area contributed by atoms with Crippen molar-refractivity contribution < 1.29 is 28.8 Å². The van der Waals surface area contributed by atoms with Crippen LogP contribution >= 0.6 is 34.8 Å². The van der Waals surface area contributed by atoms with Gasteiger partial charge in [-0.15, -0.1) is 0 Å². The fraction of sp³-hybridized carbons (Fsp3) is 0.138. The summed E-state index contributed by atoms with van der Waals surface area (Å²) >= 11 is 18.1. The number of nitrogens with zero attached hydrogens (tertiary/aromatic N) is 5. The molecule has 0 fully saturated rings. The number of benzene rings is 6. The molecule has 4 aliphatic rings. The van der Waals surface area contributed by atoms with Gasteiger partial charge >= 0.3 is 0 Å². The number of likely N-dealkylation sites (N-methyl/N-ethyl adjacent to an activating group) is 3. The summed E-state index contributed by atoms with van der Waals surface area (Å²) in [6.07, 6.45) is 14.3. The summed E-state index contributed by atoms with van der Waals surface area (Å²) in [6.45, 7) is 0. The molecule has 3 N–H and O–H groups in total. The molecular weight excluding hydrogens is 1100 g/mol. The first-order chi connectivity index (χ1) is 38.6. The fourth-order valence-electron chi connectivity index (χ4n) is 9.73. The SMILES string of the molecule is C.C.CN1C(=O)C(c2ccc(-c3cccnc3)cc2)NC(=O)c2cc(Cl)ccc21.CN1C(=O)C(c2ccc(-c3ccncc3)cc2)NC(=O)c2cc(Cl)ccc21.CN1C(=O)C(c2ccc(C3=CCC=C3)cc2)NC(=O)c2cc(Cl)ccc21. The summed E-state index contributed by atoms with van der Waals surface area (Å²) in [7, 11) is 4.99. The van der Waals surface area contributed by atoms with Gasteiger partial charge in [-0.1, -0.05) is 147 Å². The third kappa shape index (κ3) is 12.4. The number of rotatable bonds is 6. The third-order valence-corrected chi connectivity index (χ3v) is 14.8. The van der Waals surface area contributed by atoms with Gasteiger partial charge in [0.1, 0.15) is 18.1 Å². The lowest BCUT2D eigenvalue weighted by Crippen LogP contribution is -2.37. The minimum absolute atomic E-state index is 0. The van der Waals surface area contributed by atoms with E-state index in [0.717, 1.165) is 45.4 Å². The van der Waals surface area contributed by atoms with Gasteiger partial charge < -0.3 is 30.7 Å². The Morgan fingerprint density at radius 3 is 1.15 bits per heavy atom. The van der Waals surface area contributed by atoms with Crippen LogP contribution < -0.4 is 30.7 Å². The van der Waals surface area contributed by atoms with Crippen LogP contribution in [0.25, 0.3) is 27.8 Å². The molecule has 6 amide bonds. The first-order valence-corrected chi connectivity index (χ1v) is 26.4. The van der Waals surface area contributed by atoms with Crippen LogP contribution in [0.1, 0.15) is 92.7 Å². The molecule has 3 aliphatic heterocycles. The summed E-state index contributed by atoms with van der Waals surface area (Å²) in [4.78, 5) is 89.5. The van der Waals surface area contributed by atoms with Crippen molar-refractivity contribution in [3.8, 4) is 22.3 Å². The number of carbonyl (C=O) groups excluding carboxylic acids is 6. The van der Waals surface area contributed by atoms with Crippen LogP contribution in [-0.2, 0) is 14.4 Å². The Hall–Kier alpha value is -9.21. The highest BCUT2D eigenvalue weighted by Crippen LogP contribution is 2.35. The van der Waals surface area contributed by atoms with Crippen molar-refractivity contribution in [1.82, 2.24) is 25.9 Å². The van der Waals surface area contributed by atoms with Gasteiger partial charge in [0, 0.05) is 61.0 Å². The Morgan fingerprint density at radius 1 is 0.427 bits per heavy atom. The second-order valence-corrected chi connectivity index (χ2v) is 20.3. The van der Waals surface area contributed by atoms with Crippen LogP contribution in [0, 0.1) is 0 Å². The number of nitrogens with one attached hydrogen (secondary N) is 3. The van der Waals surface area contributed by atoms with Crippen molar-refractivity contribution in [1.29, 1.82) is 0 Å². The van der Waals surface area contributed by atoms with Crippen molar-refractivity contribution in [3.63, 3.8) is 0 Å². The van der Waals surface area contributed by atoms with Crippen molar-refractivity contribution in [2.24, 2.45) is 0 Å². The molecule has 6 aromatic carbocycles. The maximum atomic E-state index is 13.0. The number of hydrogen-bond acceptors (Lipinski definition) is 8. The van der Waals surface area contributed by atoms with E-state index in [9.17, 15) is 28.8 Å². The molecule has 0 saturated carbocycles. The number of carbonyl (C=O) groups is 6. The van der Waals surface area contributed by atoms with Gasteiger partial charge in [-0.25, -0.2) is 0 Å². The van der Waals surface area contributed by atoms with Crippen LogP contribution in [-0.4, -0.2) is 66.6 Å². The molecule has 0 radical (unpaired) electrons. The van der Waals surface area contributed by atoms with Crippen molar-refractivity contribution in [2.75, 3.05) is 35.8 Å². The average molecular weight is 1150 g/mol. The number of amides is 6. The van der Waals surface area contributed by atoms with E-state index in [1.807, 2.05) is 97.1 Å². The normalized spacial score (nSPS) is 16.9. The van der Waals surface area contributed by atoms with Crippen LogP contribution in [0.5, 0.6) is 0 Å². The summed E-state index contributed by atoms with van der Waals surface area (Å²) < 4.78 is 0. The minimum Gasteiger partial charge on any atom is -0.336 e. The molecule has 8 aromatic rings. The van der Waals surface area contributed by atoms with Gasteiger partial charge in [-0.05, 0) is 129 Å². The highest BCUT2D eigenvalue weighted by Gasteiger charge is 2.36. The van der Waals surface area contributed by atoms with Crippen molar-refractivity contribution in [2.45, 2.75) is 39.4 Å². The van der Waals surface area contributed by atoms with Gasteiger partial charge in [-0.3, -0.25) is 38.7 Å². The molecule has 0 spiro atoms. The van der Waals surface area contributed by atoms with Crippen LogP contribution in [0.2, 0.25) is 15.1 Å². The summed E-state index contributed by atoms with van der Waals surface area (Å²) in [5.74, 6) is -1.57. The standard InChI is InChI=1S/2C21H16ClN3O2.C21H17ClN2O2.2CH4/c1-25-18-7-6-16(22)12-17(18)20(26)24-19(21(25)27)15-4-2-13(3-5-15)14-8-10-23-11-9-14;1-25-18-9-8-16(22)11-17(18)20(26)24-19(21(25)27)14-6-4-13(5-7-14)15-3-2-10-23-12-15;1-24-18-11-10-16(22)12-17(18)20(25)23-19(21(24)26)15-8-6-14(7-9-15)13-4-2-3-5-13;;/h2*2-12,19H,1H3,(H,24,26);2,4-12,19H,3H2,1H3,(H,23,25);2*1H4. The maximum absolute atomic E-state index is 13.0. The predicted octanol–water partition coefficient (Wildman–Crippen LogP) is 13.1. The zero-order chi connectivity index (χ0) is 56.2. The van der Waals surface area contributed by atoms with Crippen LogP contribution in [0.3, 0.4) is 0 Å². The van der Waals surface area contributed by atoms with Gasteiger partial charge in [0.2, 0.25) is 0 Å². The Labute approximate surface area is 491 Å². The molecule has 82 heavy (non-hydrogen) atoms. The first kappa shape index (κ1) is 58.9. The van der Waals surface area contributed by atoms with Gasteiger partial charge in [0.25, 0.3) is 35.4 Å². The van der Waals surface area contributed by atoms with E-state index in [-0.39, 0.29) is 50.3 Å². The highest BCUT2D eigenvalue weighted by atomic mass is 35.5. The molecule has 3 atom stereocenters. The molecule has 0 saturated heterocycles. The van der Waals surface area contributed by atoms with Gasteiger partial charge in [-0.2, -0.15) is 0 Å². The molecular formula is C65H57Cl3N8O6. The maximum Gasteiger partial charge on any atom is 0.254 e. The zero-order valence-electron chi connectivity index (χ0n) is 43.2. The van der Waals surface area contributed by atoms with E-state index < -0.39 is 18.1 Å². The number of aromatic nitrogens is 2. The lowest BCUT2D eigenvalue weighted by molar-refractivity contribution is -0.120. The number of anilines is 3. The first-order valence-electron chi connectivity index (χ1n) is 25.2. The minimum atomic E-state index is -0.767. The van der Waals surface area contributed by atoms with E-state index >= 15 is 0 Å². The molecule has 2 aromatic heterocycles. The third-order valence-electron chi connectivity index (χ3n) is 14.1. The Bertz CT molecular complexity index is 3620. The summed E-state index contributed by atoms with van der Waals surface area (Å²) in [6, 6.07) is 43.1. The lowest BCUT2D eigenvalue weighted by atomic mass is 10.0. The zero-order valence-corrected chi connectivity index (χ0v) is 45.5. The molecule has 12 rings (SSSR count). The molecule has 17 heteroatoms. The Morgan fingerprint density at radius 2 is 0.793 bits per heavy atom. The van der Waals surface area contributed by atoms with Gasteiger partial charge in [0.05, 0.1) is 33.8 Å². The van der Waals surface area contributed by atoms with E-state index in [1.165, 1.54) is 20.3 Å². The molecule has 414 valence electrons. The lowest BCUT2D eigenvalue weighted by Gasteiger charge is -2.21. The number of pyridine rings is 2. The number of allylic oxidation sites excluding steroid dienone is 4. The topological polar surface area (TPSA) is 174 Å². The predicted molar refractivity (Wildman–Crippen MR) is 326 cm³/mol. The molecule has 3 unspecified atom stereocenters. The molecule has 5 heterocycles. The van der Waals surface area contributed by atoms with Gasteiger partial charge in [0.15, 0.2) is 0 Å². The largest absolute Gasteiger partial charge is 0.336 e. The monoisotopic (exact) mass is 1150 g/mol. The van der Waals surface area contributed by atoms with Crippen molar-refractivity contribution in [3.05, 3.63) is 249 Å². The quantitative estimate of drug-likeness (QED) is 0.147. The Kier molecular flexibility index (Phi) is 18.3. The second kappa shape index (κ2) is 25.5. The van der Waals surface area contributed by atoms with E-state index in [0.29, 0.717) is 54.4 Å². The van der Waals surface area contributed by atoms with E-state index in [2.05, 4.69) is 44.1 Å². The van der Waals surface area contributed by atoms with E-state index in [4.69, 9.17) is 34.8 Å². The van der Waals surface area contributed by atoms with Crippen LogP contribution in [0.4, 0.5) is 17.1 Å². The van der Waals surface area contributed by atoms with Crippen LogP contribution in [0.15, 0.2) is 195 Å². The van der Waals surface area contributed by atoms with Crippen molar-refractivity contribution >= 4 is 92.9 Å². The molecule has 14 nitrogen and oxygen atoms in total.